The molecule has 104 valence electrons. The summed E-state index contributed by atoms with van der Waals surface area (Å²) in [5, 5.41) is 6.26. The molecule has 4 nitrogen and oxygen atoms in total. The van der Waals surface area contributed by atoms with Gasteiger partial charge >= 0.3 is 0 Å². The van der Waals surface area contributed by atoms with Crippen LogP contribution in [-0.2, 0) is 11.2 Å². The highest BCUT2D eigenvalue weighted by Gasteiger charge is 2.18. The topological polar surface area (TPSA) is 50.4 Å². The van der Waals surface area contributed by atoms with Crippen molar-refractivity contribution in [1.29, 1.82) is 0 Å². The molecule has 1 heterocycles. The van der Waals surface area contributed by atoms with Crippen molar-refractivity contribution < 1.29 is 9.53 Å². The zero-order valence-electron chi connectivity index (χ0n) is 11.9. The quantitative estimate of drug-likeness (QED) is 0.874. The Bertz CT molecular complexity index is 469. The molecule has 0 radical (unpaired) electrons. The summed E-state index contributed by atoms with van der Waals surface area (Å²) in [7, 11) is 1.65. The third-order valence-corrected chi connectivity index (χ3v) is 3.53. The monoisotopic (exact) mass is 262 g/mol. The van der Waals surface area contributed by atoms with E-state index in [0.29, 0.717) is 12.1 Å². The van der Waals surface area contributed by atoms with Gasteiger partial charge in [0.15, 0.2) is 0 Å². The largest absolute Gasteiger partial charge is 0.385 e. The minimum Gasteiger partial charge on any atom is -0.385 e. The summed E-state index contributed by atoms with van der Waals surface area (Å²) in [6.45, 7) is 5.41. The molecular weight excluding hydrogens is 240 g/mol. The fourth-order valence-corrected chi connectivity index (χ4v) is 2.08. The van der Waals surface area contributed by atoms with Crippen LogP contribution in [0.15, 0.2) is 18.2 Å². The Balaban J connectivity index is 2.03. The lowest BCUT2D eigenvalue weighted by Gasteiger charge is -2.23. The molecule has 1 aromatic carbocycles. The van der Waals surface area contributed by atoms with Crippen molar-refractivity contribution in [3.63, 3.8) is 0 Å². The fourth-order valence-electron chi connectivity index (χ4n) is 2.08. The molecule has 1 amide bonds. The Kier molecular flexibility index (Phi) is 4.10. The number of amides is 1. The van der Waals surface area contributed by atoms with Crippen LogP contribution in [0.3, 0.4) is 0 Å². The first-order valence-electron chi connectivity index (χ1n) is 6.72. The molecule has 0 atom stereocenters. The lowest BCUT2D eigenvalue weighted by Crippen LogP contribution is -2.39. The molecule has 1 aliphatic heterocycles. The molecule has 0 fully saturated rings. The molecule has 0 aliphatic carbocycles. The maximum atomic E-state index is 12.1. The number of ether oxygens (including phenoxy) is 1. The zero-order chi connectivity index (χ0) is 13.9. The first-order chi connectivity index (χ1) is 9.02. The number of hydrogen-bond donors (Lipinski definition) is 2. The third-order valence-electron chi connectivity index (χ3n) is 3.53. The van der Waals surface area contributed by atoms with Crippen LogP contribution in [0.25, 0.3) is 0 Å². The van der Waals surface area contributed by atoms with Crippen molar-refractivity contribution in [3.8, 4) is 0 Å². The second kappa shape index (κ2) is 5.61. The molecule has 1 aromatic rings. The lowest BCUT2D eigenvalue weighted by atomic mass is 10.0. The SMILES string of the molecule is COC(C)(C)CNC(=O)c1ccc2c(c1)CCCN2. The van der Waals surface area contributed by atoms with Crippen LogP contribution in [0.1, 0.15) is 36.2 Å². The van der Waals surface area contributed by atoms with Gasteiger partial charge in [-0.3, -0.25) is 4.79 Å². The fraction of sp³-hybridized carbons (Fsp3) is 0.533. The molecule has 0 bridgehead atoms. The molecule has 0 saturated heterocycles. The molecule has 4 heteroatoms. The number of methoxy groups -OCH3 is 1. The number of hydrogen-bond acceptors (Lipinski definition) is 3. The number of fused-ring (bicyclic) bond motifs is 1. The summed E-state index contributed by atoms with van der Waals surface area (Å²) in [5.41, 5.74) is 2.75. The summed E-state index contributed by atoms with van der Waals surface area (Å²) in [5.74, 6) is -0.0431. The van der Waals surface area contributed by atoms with Gasteiger partial charge in [0.1, 0.15) is 0 Å². The number of anilines is 1. The molecule has 2 rings (SSSR count). The molecule has 2 N–H and O–H groups in total. The molecule has 0 aromatic heterocycles. The normalized spacial score (nSPS) is 14.5. The summed E-state index contributed by atoms with van der Waals surface area (Å²) in [6, 6.07) is 5.84. The van der Waals surface area contributed by atoms with Gasteiger partial charge in [-0.25, -0.2) is 0 Å². The van der Waals surface area contributed by atoms with Crippen LogP contribution >= 0.6 is 0 Å². The van der Waals surface area contributed by atoms with Crippen LogP contribution in [0.2, 0.25) is 0 Å². The van der Waals surface area contributed by atoms with Crippen LogP contribution < -0.4 is 10.6 Å². The number of carbonyl (C=O) groups excluding carboxylic acids is 1. The molecule has 0 saturated carbocycles. The predicted octanol–water partition coefficient (Wildman–Crippen LogP) is 2.20. The molecule has 0 unspecified atom stereocenters. The van der Waals surface area contributed by atoms with E-state index >= 15 is 0 Å². The van der Waals surface area contributed by atoms with E-state index in [2.05, 4.69) is 10.6 Å². The summed E-state index contributed by atoms with van der Waals surface area (Å²) < 4.78 is 5.29. The third kappa shape index (κ3) is 3.47. The van der Waals surface area contributed by atoms with E-state index in [9.17, 15) is 4.79 Å². The van der Waals surface area contributed by atoms with E-state index in [4.69, 9.17) is 4.74 Å². The summed E-state index contributed by atoms with van der Waals surface area (Å²) >= 11 is 0. The highest BCUT2D eigenvalue weighted by Crippen LogP contribution is 2.22. The highest BCUT2D eigenvalue weighted by molar-refractivity contribution is 5.95. The van der Waals surface area contributed by atoms with Gasteiger partial charge in [0.25, 0.3) is 5.91 Å². The molecular formula is C15H22N2O2. The summed E-state index contributed by atoms with van der Waals surface area (Å²) in [6.07, 6.45) is 2.15. The first-order valence-corrected chi connectivity index (χ1v) is 6.72. The van der Waals surface area contributed by atoms with Gasteiger partial charge in [0.05, 0.1) is 5.60 Å². The van der Waals surface area contributed by atoms with Gasteiger partial charge in [-0.2, -0.15) is 0 Å². The average Bonchev–Trinajstić information content (AvgIpc) is 2.44. The molecule has 1 aliphatic rings. The predicted molar refractivity (Wildman–Crippen MR) is 76.7 cm³/mol. The minimum atomic E-state index is -0.342. The van der Waals surface area contributed by atoms with Crippen molar-refractivity contribution in [2.45, 2.75) is 32.3 Å². The Morgan fingerprint density at radius 3 is 3.00 bits per heavy atom. The maximum absolute atomic E-state index is 12.1. The van der Waals surface area contributed by atoms with E-state index in [1.807, 2.05) is 32.0 Å². The number of rotatable bonds is 4. The van der Waals surface area contributed by atoms with Crippen molar-refractivity contribution >= 4 is 11.6 Å². The van der Waals surface area contributed by atoms with E-state index in [1.165, 1.54) is 5.56 Å². The van der Waals surface area contributed by atoms with Gasteiger partial charge in [0.2, 0.25) is 0 Å². The van der Waals surface area contributed by atoms with E-state index < -0.39 is 0 Å². The van der Waals surface area contributed by atoms with Crippen molar-refractivity contribution in [1.82, 2.24) is 5.32 Å². The Labute approximate surface area is 114 Å². The number of aryl methyl sites for hydroxylation is 1. The summed E-state index contributed by atoms with van der Waals surface area (Å²) in [4.78, 5) is 12.1. The Morgan fingerprint density at radius 2 is 2.26 bits per heavy atom. The smallest absolute Gasteiger partial charge is 0.251 e. The van der Waals surface area contributed by atoms with Crippen molar-refractivity contribution in [2.24, 2.45) is 0 Å². The average molecular weight is 262 g/mol. The number of benzene rings is 1. The van der Waals surface area contributed by atoms with Crippen LogP contribution in [0.5, 0.6) is 0 Å². The van der Waals surface area contributed by atoms with Crippen LogP contribution in [0, 0.1) is 0 Å². The lowest BCUT2D eigenvalue weighted by molar-refractivity contribution is 0.0229. The van der Waals surface area contributed by atoms with E-state index in [1.54, 1.807) is 7.11 Å². The van der Waals surface area contributed by atoms with Gasteiger partial charge < -0.3 is 15.4 Å². The highest BCUT2D eigenvalue weighted by atomic mass is 16.5. The zero-order valence-corrected chi connectivity index (χ0v) is 11.9. The Hall–Kier alpha value is -1.55. The second-order valence-electron chi connectivity index (χ2n) is 5.55. The van der Waals surface area contributed by atoms with Crippen molar-refractivity contribution in [2.75, 3.05) is 25.5 Å². The van der Waals surface area contributed by atoms with Crippen molar-refractivity contribution in [3.05, 3.63) is 29.3 Å². The number of nitrogens with one attached hydrogen (secondary N) is 2. The van der Waals surface area contributed by atoms with E-state index in [-0.39, 0.29) is 11.5 Å². The van der Waals surface area contributed by atoms with Gasteiger partial charge in [-0.05, 0) is 50.5 Å². The molecule has 0 spiro atoms. The molecule has 19 heavy (non-hydrogen) atoms. The standard InChI is InChI=1S/C15H22N2O2/c1-15(2,19-3)10-17-14(18)12-6-7-13-11(9-12)5-4-8-16-13/h6-7,9,16H,4-5,8,10H2,1-3H3,(H,17,18). The van der Waals surface area contributed by atoms with Gasteiger partial charge in [-0.15, -0.1) is 0 Å². The van der Waals surface area contributed by atoms with Gasteiger partial charge in [0, 0.05) is 31.5 Å². The van der Waals surface area contributed by atoms with Crippen LogP contribution in [0.4, 0.5) is 5.69 Å². The maximum Gasteiger partial charge on any atom is 0.251 e. The second-order valence-corrected chi connectivity index (χ2v) is 5.55. The first kappa shape index (κ1) is 13.9. The van der Waals surface area contributed by atoms with Gasteiger partial charge in [-0.1, -0.05) is 0 Å². The Morgan fingerprint density at radius 1 is 1.47 bits per heavy atom. The van der Waals surface area contributed by atoms with Crippen LogP contribution in [-0.4, -0.2) is 31.7 Å². The number of carbonyl (C=O) groups is 1. The minimum absolute atomic E-state index is 0.0431. The van der Waals surface area contributed by atoms with E-state index in [0.717, 1.165) is 25.1 Å².